The van der Waals surface area contributed by atoms with Gasteiger partial charge in [0.1, 0.15) is 18.3 Å². The van der Waals surface area contributed by atoms with Crippen LogP contribution in [-0.2, 0) is 14.3 Å². The van der Waals surface area contributed by atoms with Crippen molar-refractivity contribution in [1.29, 1.82) is 0 Å². The van der Waals surface area contributed by atoms with Crippen LogP contribution in [0.5, 0.6) is 0 Å². The quantitative estimate of drug-likeness (QED) is 0.337. The minimum Gasteiger partial charge on any atom is -0.481 e. The first-order valence-electron chi connectivity index (χ1n) is 10.4. The highest BCUT2D eigenvalue weighted by atomic mass is 16.7. The zero-order chi connectivity index (χ0) is 20.2. The van der Waals surface area contributed by atoms with Crippen molar-refractivity contribution in [3.63, 3.8) is 0 Å². The predicted octanol–water partition coefficient (Wildman–Crippen LogP) is 2.59. The van der Waals surface area contributed by atoms with Gasteiger partial charge < -0.3 is 29.9 Å². The summed E-state index contributed by atoms with van der Waals surface area (Å²) in [4.78, 5) is 11.1. The summed E-state index contributed by atoms with van der Waals surface area (Å²) in [5.41, 5.74) is 0. The first-order valence-corrected chi connectivity index (χ1v) is 10.4. The number of ether oxygens (including phenoxy) is 2. The van der Waals surface area contributed by atoms with Crippen LogP contribution in [0.3, 0.4) is 0 Å². The fourth-order valence-corrected chi connectivity index (χ4v) is 3.41. The van der Waals surface area contributed by atoms with Crippen LogP contribution >= 0.6 is 0 Å². The van der Waals surface area contributed by atoms with E-state index in [1.165, 1.54) is 38.5 Å². The Bertz CT molecular complexity index is 404. The molecule has 0 aromatic carbocycles. The van der Waals surface area contributed by atoms with Crippen LogP contribution in [0.25, 0.3) is 0 Å². The lowest BCUT2D eigenvalue weighted by Gasteiger charge is -2.40. The minimum absolute atomic E-state index is 0.184. The van der Waals surface area contributed by atoms with Gasteiger partial charge in [0.2, 0.25) is 0 Å². The van der Waals surface area contributed by atoms with Crippen LogP contribution in [0.2, 0.25) is 0 Å². The van der Waals surface area contributed by atoms with E-state index in [1.807, 2.05) is 0 Å². The number of carboxylic acid groups (broad SMARTS) is 1. The van der Waals surface area contributed by atoms with Crippen molar-refractivity contribution in [1.82, 2.24) is 0 Å². The smallest absolute Gasteiger partial charge is 0.305 e. The molecule has 1 heterocycles. The summed E-state index contributed by atoms with van der Waals surface area (Å²) in [6.07, 6.45) is 4.50. The molecule has 1 rings (SSSR count). The lowest BCUT2D eigenvalue weighted by Crippen LogP contribution is -2.58. The van der Waals surface area contributed by atoms with E-state index >= 15 is 0 Å². The highest BCUT2D eigenvalue weighted by Crippen LogP contribution is 2.25. The molecule has 4 N–H and O–H groups in total. The molecule has 27 heavy (non-hydrogen) atoms. The van der Waals surface area contributed by atoms with E-state index in [0.717, 1.165) is 19.3 Å². The Hall–Kier alpha value is -0.730. The van der Waals surface area contributed by atoms with Gasteiger partial charge in [-0.15, -0.1) is 0 Å². The van der Waals surface area contributed by atoms with E-state index in [9.17, 15) is 20.1 Å². The van der Waals surface area contributed by atoms with Gasteiger partial charge in [-0.1, -0.05) is 64.7 Å². The topological polar surface area (TPSA) is 116 Å². The van der Waals surface area contributed by atoms with Gasteiger partial charge in [0.15, 0.2) is 6.29 Å². The molecular formula is C20H38O7. The van der Waals surface area contributed by atoms with Gasteiger partial charge >= 0.3 is 5.97 Å². The molecule has 7 nitrogen and oxygen atoms in total. The summed E-state index contributed by atoms with van der Waals surface area (Å²) in [6.45, 7) is 3.78. The summed E-state index contributed by atoms with van der Waals surface area (Å²) >= 11 is 0. The maximum atomic E-state index is 11.1. The molecular weight excluding hydrogens is 352 g/mol. The third kappa shape index (κ3) is 9.34. The van der Waals surface area contributed by atoms with Crippen molar-refractivity contribution in [2.45, 2.75) is 121 Å². The number of rotatable bonds is 14. The van der Waals surface area contributed by atoms with E-state index < -0.39 is 42.8 Å². The maximum absolute atomic E-state index is 11.1. The van der Waals surface area contributed by atoms with Crippen LogP contribution < -0.4 is 0 Å². The predicted molar refractivity (Wildman–Crippen MR) is 101 cm³/mol. The Balaban J connectivity index is 2.33. The zero-order valence-electron chi connectivity index (χ0n) is 16.8. The van der Waals surface area contributed by atoms with E-state index in [4.69, 9.17) is 14.6 Å². The van der Waals surface area contributed by atoms with Crippen molar-refractivity contribution >= 4 is 5.97 Å². The first-order chi connectivity index (χ1) is 12.9. The largest absolute Gasteiger partial charge is 0.481 e. The minimum atomic E-state index is -1.41. The van der Waals surface area contributed by atoms with Crippen molar-refractivity contribution in [2.75, 3.05) is 0 Å². The average Bonchev–Trinajstić information content (AvgIpc) is 2.62. The van der Waals surface area contributed by atoms with Crippen LogP contribution in [-0.4, -0.2) is 63.2 Å². The molecule has 7 heteroatoms. The van der Waals surface area contributed by atoms with Crippen LogP contribution in [0.15, 0.2) is 0 Å². The number of unbranched alkanes of at least 4 members (excludes halogenated alkanes) is 8. The number of hydrogen-bond acceptors (Lipinski definition) is 6. The maximum Gasteiger partial charge on any atom is 0.305 e. The highest BCUT2D eigenvalue weighted by Gasteiger charge is 2.43. The second-order valence-corrected chi connectivity index (χ2v) is 7.65. The van der Waals surface area contributed by atoms with Crippen molar-refractivity contribution in [3.8, 4) is 0 Å². The fourth-order valence-electron chi connectivity index (χ4n) is 3.41. The monoisotopic (exact) mass is 390 g/mol. The van der Waals surface area contributed by atoms with Gasteiger partial charge in [0.05, 0.1) is 18.6 Å². The van der Waals surface area contributed by atoms with Crippen LogP contribution in [0.4, 0.5) is 0 Å². The van der Waals surface area contributed by atoms with E-state index in [0.29, 0.717) is 6.42 Å². The summed E-state index contributed by atoms with van der Waals surface area (Å²) in [5, 5.41) is 38.7. The normalized spacial score (nSPS) is 29.6. The van der Waals surface area contributed by atoms with Gasteiger partial charge in [0.25, 0.3) is 0 Å². The summed E-state index contributed by atoms with van der Waals surface area (Å²) in [6, 6.07) is 0. The average molecular weight is 391 g/mol. The second-order valence-electron chi connectivity index (χ2n) is 7.65. The van der Waals surface area contributed by atoms with Crippen LogP contribution in [0, 0.1) is 0 Å². The summed E-state index contributed by atoms with van der Waals surface area (Å²) < 4.78 is 11.1. The first kappa shape index (κ1) is 24.3. The Morgan fingerprint density at radius 1 is 0.926 bits per heavy atom. The molecule has 0 radical (unpaired) electrons. The van der Waals surface area contributed by atoms with Crippen molar-refractivity contribution in [2.24, 2.45) is 0 Å². The van der Waals surface area contributed by atoms with E-state index in [-0.39, 0.29) is 6.42 Å². The Morgan fingerprint density at radius 2 is 1.48 bits per heavy atom. The zero-order valence-corrected chi connectivity index (χ0v) is 16.8. The molecule has 6 atom stereocenters. The number of aliphatic carboxylic acids is 1. The molecule has 1 aliphatic heterocycles. The fraction of sp³-hybridized carbons (Fsp3) is 0.950. The summed E-state index contributed by atoms with van der Waals surface area (Å²) in [5.74, 6) is -0.977. The lowest BCUT2D eigenvalue weighted by molar-refractivity contribution is -0.304. The molecule has 1 saturated heterocycles. The van der Waals surface area contributed by atoms with Gasteiger partial charge in [-0.05, 0) is 13.3 Å². The van der Waals surface area contributed by atoms with Gasteiger partial charge in [-0.2, -0.15) is 0 Å². The van der Waals surface area contributed by atoms with Gasteiger partial charge in [-0.3, -0.25) is 4.79 Å². The number of carbonyl (C=O) groups is 1. The number of carboxylic acids is 1. The Labute approximate surface area is 162 Å². The molecule has 0 aromatic rings. The number of aliphatic hydroxyl groups is 3. The van der Waals surface area contributed by atoms with Gasteiger partial charge in [0, 0.05) is 0 Å². The molecule has 1 aliphatic rings. The summed E-state index contributed by atoms with van der Waals surface area (Å²) in [7, 11) is 0. The SMILES string of the molecule is CCCCCCCCCCCC(CC(=O)O)O[C@@H]1OC(C)[C@H](O)[C@H](O)C1O. The van der Waals surface area contributed by atoms with E-state index in [1.54, 1.807) is 6.92 Å². The van der Waals surface area contributed by atoms with Crippen molar-refractivity contribution < 1.29 is 34.7 Å². The van der Waals surface area contributed by atoms with Crippen LogP contribution in [0.1, 0.15) is 84.5 Å². The molecule has 0 aromatic heterocycles. The molecule has 160 valence electrons. The van der Waals surface area contributed by atoms with E-state index in [2.05, 4.69) is 6.92 Å². The Kier molecular flexibility index (Phi) is 12.1. The molecule has 0 amide bonds. The highest BCUT2D eigenvalue weighted by molar-refractivity contribution is 5.67. The Morgan fingerprint density at radius 3 is 2.04 bits per heavy atom. The molecule has 0 spiro atoms. The van der Waals surface area contributed by atoms with Gasteiger partial charge in [-0.25, -0.2) is 0 Å². The molecule has 3 unspecified atom stereocenters. The standard InChI is InChI=1S/C20H38O7/c1-3-4-5-6-7-8-9-10-11-12-15(13-16(21)22)27-20-19(25)18(24)17(23)14(2)26-20/h14-15,17-20,23-25H,3-13H2,1-2H3,(H,21,22)/t14?,15?,17-,18-,19?,20-/m0/s1. The second kappa shape index (κ2) is 13.4. The molecule has 1 fully saturated rings. The lowest BCUT2D eigenvalue weighted by atomic mass is 9.99. The third-order valence-corrected chi connectivity index (χ3v) is 5.17. The molecule has 0 aliphatic carbocycles. The molecule has 0 bridgehead atoms. The molecule has 0 saturated carbocycles. The van der Waals surface area contributed by atoms with Crippen molar-refractivity contribution in [3.05, 3.63) is 0 Å². The third-order valence-electron chi connectivity index (χ3n) is 5.17. The number of aliphatic hydroxyl groups excluding tert-OH is 3. The number of hydrogen-bond donors (Lipinski definition) is 4.